The summed E-state index contributed by atoms with van der Waals surface area (Å²) in [5.74, 6) is -3.19. The molecule has 376 valence electrons. The topological polar surface area (TPSA) is 156 Å². The van der Waals surface area contributed by atoms with Crippen LogP contribution in [0.3, 0.4) is 0 Å². The van der Waals surface area contributed by atoms with Gasteiger partial charge in [-0.2, -0.15) is 0 Å². The van der Waals surface area contributed by atoms with Crippen LogP contribution in [0.2, 0.25) is 13.3 Å². The molecule has 15 heteroatoms. The van der Waals surface area contributed by atoms with Crippen molar-refractivity contribution in [2.45, 2.75) is 207 Å². The number of alkyl carbamates (subject to hydrolysis) is 1. The van der Waals surface area contributed by atoms with Crippen molar-refractivity contribution >= 4 is 48.0 Å². The number of ether oxygens (including phenoxy) is 6. The van der Waals surface area contributed by atoms with E-state index in [1.165, 1.54) is 6.92 Å². The van der Waals surface area contributed by atoms with E-state index in [-0.39, 0.29) is 25.2 Å². The van der Waals surface area contributed by atoms with Crippen LogP contribution in [0.4, 0.5) is 9.18 Å². The Kier molecular flexibility index (Phi) is 20.8. The second kappa shape index (κ2) is 24.6. The number of cyclic esters (lactones) is 1. The summed E-state index contributed by atoms with van der Waals surface area (Å²) in [6.07, 6.45) is 0.820. The van der Waals surface area contributed by atoms with Gasteiger partial charge in [-0.05, 0) is 18.6 Å². The van der Waals surface area contributed by atoms with Crippen molar-refractivity contribution in [3.8, 4) is 9.86 Å². The van der Waals surface area contributed by atoms with Crippen LogP contribution < -0.4 is 5.32 Å². The summed E-state index contributed by atoms with van der Waals surface area (Å²) in [5.41, 5.74) is -6.09. The Morgan fingerprint density at radius 2 is 1.51 bits per heavy atom. The number of ketones is 2. The van der Waals surface area contributed by atoms with Crippen LogP contribution in [0.5, 0.6) is 0 Å². The van der Waals surface area contributed by atoms with Gasteiger partial charge in [-0.15, -0.1) is 0 Å². The second-order valence-electron chi connectivity index (χ2n) is 20.3. The number of halogens is 1. The Hall–Kier alpha value is -3.10. The van der Waals surface area contributed by atoms with Crippen molar-refractivity contribution in [2.75, 3.05) is 20.7 Å². The van der Waals surface area contributed by atoms with Crippen LogP contribution in [0, 0.1) is 27.6 Å². The summed E-state index contributed by atoms with van der Waals surface area (Å²) in [7, 11) is 3.71. The zero-order valence-corrected chi connectivity index (χ0v) is 45.5. The fraction of sp³-hybridized carbons (Fsp3) is 0.750. The third kappa shape index (κ3) is 13.6. The van der Waals surface area contributed by atoms with Gasteiger partial charge in [0.1, 0.15) is 0 Å². The molecule has 1 amide bonds. The number of hydrogen-bond acceptors (Lipinski definition) is 12. The molecule has 0 saturated carbocycles. The summed E-state index contributed by atoms with van der Waals surface area (Å²) < 4.78 is 62.9. The molecular weight excluding hydrogens is 966 g/mol. The minimum absolute atomic E-state index is 0.0488. The molecule has 3 fully saturated rings. The van der Waals surface area contributed by atoms with E-state index in [0.29, 0.717) is 12.0 Å². The quantitative estimate of drug-likeness (QED) is 0.0520. The first-order chi connectivity index (χ1) is 31.5. The van der Waals surface area contributed by atoms with Crippen molar-refractivity contribution < 1.29 is 56.8 Å². The van der Waals surface area contributed by atoms with Crippen molar-refractivity contribution in [1.29, 1.82) is 0 Å². The van der Waals surface area contributed by atoms with Crippen LogP contribution >= 0.6 is 0 Å². The number of benzene rings is 1. The zero-order valence-electron chi connectivity index (χ0n) is 42.7. The second-order valence-corrected chi connectivity index (χ2v) is 32.6. The fourth-order valence-electron chi connectivity index (χ4n) is 10.5. The molecule has 0 aliphatic carbocycles. The maximum absolute atomic E-state index is 17.3. The Morgan fingerprint density at radius 1 is 0.910 bits per heavy atom. The zero-order chi connectivity index (χ0) is 49.9. The normalized spacial score (nSPS) is 34.3. The monoisotopic (exact) mass is 1050 g/mol. The van der Waals surface area contributed by atoms with Crippen LogP contribution in [-0.4, -0.2) is 133 Å². The molecular formula is C52H81FN2O11Sn. The predicted molar refractivity (Wildman–Crippen MR) is 258 cm³/mol. The number of hydrogen-bond donors (Lipinski definition) is 1. The minimum atomic E-state index is -3.23. The van der Waals surface area contributed by atoms with Gasteiger partial charge in [0.05, 0.1) is 0 Å². The number of alkyl halides is 1. The van der Waals surface area contributed by atoms with E-state index in [4.69, 9.17) is 28.4 Å². The molecule has 3 saturated heterocycles. The van der Waals surface area contributed by atoms with Gasteiger partial charge in [0, 0.05) is 0 Å². The van der Waals surface area contributed by atoms with Crippen LogP contribution in [0.15, 0.2) is 30.3 Å². The summed E-state index contributed by atoms with van der Waals surface area (Å²) in [5, 5.41) is 2.76. The molecule has 3 aliphatic heterocycles. The Labute approximate surface area is 404 Å². The molecule has 1 aromatic carbocycles. The summed E-state index contributed by atoms with van der Waals surface area (Å²) in [4.78, 5) is 72.4. The Balaban J connectivity index is 1.93. The van der Waals surface area contributed by atoms with Gasteiger partial charge >= 0.3 is 358 Å². The number of carbonyl (C=O) groups excluding carboxylic acids is 5. The molecule has 13 nitrogen and oxygen atoms in total. The number of likely N-dealkylation sites (N-methyl/N-ethyl adjacent to an activating group) is 1. The van der Waals surface area contributed by atoms with E-state index in [1.54, 1.807) is 65.0 Å². The number of rotatable bonds is 17. The third-order valence-corrected chi connectivity index (χ3v) is 27.8. The first kappa shape index (κ1) is 56.5. The van der Waals surface area contributed by atoms with Gasteiger partial charge in [0.25, 0.3) is 0 Å². The van der Waals surface area contributed by atoms with Crippen LogP contribution in [0.1, 0.15) is 144 Å². The maximum atomic E-state index is 17.3. The standard InChI is InChI=1S/C40H54FN2O11.3C4H9.Sn/c1-12-19-49-38(7)21-22(3)29(44)24(5)31-40(9,54-37(48)42-31)28(13-2)51-36(47)39(8,41)32(45)25(6)33(38)53-35-30(27(43(10)11)20-23(4)50-35)52-34(46)26-17-15-14-16-18-26;3*1-3-4-2;/h14-18,22-25,27-28,30-31,33,35H,13,19-21H2,2-11H3,(H,42,48);3*1,3-4H2,2H3;/t22-,23-,24+,25+,27+,28-,30-,31-,33-,35+,38-,39+,40-;;;;/m1..../s1. The molecule has 67 heavy (non-hydrogen) atoms. The number of nitrogens with zero attached hydrogens (tertiary/aromatic N) is 1. The van der Waals surface area contributed by atoms with Crippen molar-refractivity contribution in [3.05, 3.63) is 35.9 Å². The molecule has 1 aromatic rings. The average molecular weight is 1050 g/mol. The molecule has 4 rings (SSSR count). The fourth-order valence-corrected chi connectivity index (χ4v) is 23.8. The number of esters is 2. The van der Waals surface area contributed by atoms with E-state index in [0.717, 1.165) is 58.8 Å². The van der Waals surface area contributed by atoms with Gasteiger partial charge in [0.15, 0.2) is 0 Å². The first-order valence-electron chi connectivity index (χ1n) is 24.9. The number of Topliss-reactive ketones (excluding diaryl/α,β-unsaturated/α-hetero) is 2. The van der Waals surface area contributed by atoms with E-state index < -0.39 is 120 Å². The summed E-state index contributed by atoms with van der Waals surface area (Å²) >= 11 is -3.02. The SMILES string of the molecule is CCC[CH2][Sn]([C]#CCO[C@]1(C)C[C@@H](C)C(=O)[C@H](C)[C@H]2NC(=O)O[C@]2(C)[C@@H](CC)OC(=O)[C@@](C)(F)C(=O)[C@H](C)[C@H]1O[C@@H]1O[C@H](C)C[C@H](N(C)C)[C@H]1OC(=O)c1ccccc1)([CH2]CCC)[CH2]CCC. The average Bonchev–Trinajstić information content (AvgIpc) is 3.61. The van der Waals surface area contributed by atoms with Gasteiger partial charge < -0.3 is 0 Å². The van der Waals surface area contributed by atoms with Crippen molar-refractivity contribution in [3.63, 3.8) is 0 Å². The number of fused-ring (bicyclic) bond motifs is 1. The van der Waals surface area contributed by atoms with E-state index in [1.807, 2.05) is 25.9 Å². The van der Waals surface area contributed by atoms with Crippen molar-refractivity contribution in [1.82, 2.24) is 10.2 Å². The molecule has 1 N–H and O–H groups in total. The Morgan fingerprint density at radius 3 is 2.06 bits per heavy atom. The number of carbonyl (C=O) groups is 5. The van der Waals surface area contributed by atoms with Gasteiger partial charge in [-0.25, -0.2) is 4.79 Å². The van der Waals surface area contributed by atoms with Crippen LogP contribution in [-0.2, 0) is 42.8 Å². The van der Waals surface area contributed by atoms with Gasteiger partial charge in [-0.1, -0.05) is 25.1 Å². The molecule has 0 radical (unpaired) electrons. The molecule has 0 unspecified atom stereocenters. The first-order valence-corrected chi connectivity index (χ1v) is 32.4. The number of nitrogens with one attached hydrogen (secondary N) is 1. The summed E-state index contributed by atoms with van der Waals surface area (Å²) in [6.45, 7) is 19.1. The van der Waals surface area contributed by atoms with E-state index in [2.05, 4.69) is 35.9 Å². The van der Waals surface area contributed by atoms with Gasteiger partial charge in [0.2, 0.25) is 0 Å². The molecule has 13 atom stereocenters. The molecule has 0 aromatic heterocycles. The van der Waals surface area contributed by atoms with Crippen LogP contribution in [0.25, 0.3) is 0 Å². The number of unbranched alkanes of at least 4 members (excludes halogenated alkanes) is 3. The van der Waals surface area contributed by atoms with Gasteiger partial charge in [-0.3, -0.25) is 0 Å². The summed E-state index contributed by atoms with van der Waals surface area (Å²) in [6, 6.07) is 7.12. The molecule has 0 spiro atoms. The molecule has 0 bridgehead atoms. The molecule has 3 heterocycles. The van der Waals surface area contributed by atoms with Crippen molar-refractivity contribution in [2.24, 2.45) is 17.8 Å². The predicted octanol–water partition coefficient (Wildman–Crippen LogP) is 9.20. The number of amides is 1. The molecule has 3 aliphatic rings. The third-order valence-electron chi connectivity index (χ3n) is 14.6. The van der Waals surface area contributed by atoms with E-state index in [9.17, 15) is 24.0 Å². The van der Waals surface area contributed by atoms with E-state index >= 15 is 4.39 Å². The Bertz CT molecular complexity index is 1880.